The number of ether oxygens (including phenoxy) is 2. The number of methoxy groups -OCH3 is 2. The van der Waals surface area contributed by atoms with Crippen LogP contribution in [0.25, 0.3) is 16.9 Å². The highest BCUT2D eigenvalue weighted by Crippen LogP contribution is 2.32. The first-order valence-corrected chi connectivity index (χ1v) is 7.12. The minimum Gasteiger partial charge on any atom is -0.493 e. The molecule has 3 rings (SSSR count). The highest BCUT2D eigenvalue weighted by atomic mass is 35.5. The SMILES string of the molecule is COc1ccc(-c2cn(-c3ccccc3Cl)cn2)cc1OC. The highest BCUT2D eigenvalue weighted by Gasteiger charge is 2.09. The number of hydrogen-bond acceptors (Lipinski definition) is 3. The summed E-state index contributed by atoms with van der Waals surface area (Å²) in [5, 5.41) is 0.679. The fourth-order valence-corrected chi connectivity index (χ4v) is 2.49. The van der Waals surface area contributed by atoms with Gasteiger partial charge >= 0.3 is 0 Å². The van der Waals surface area contributed by atoms with Crippen molar-refractivity contribution in [2.45, 2.75) is 0 Å². The van der Waals surface area contributed by atoms with E-state index in [2.05, 4.69) is 4.98 Å². The molecular weight excluding hydrogens is 300 g/mol. The first-order valence-electron chi connectivity index (χ1n) is 6.74. The lowest BCUT2D eigenvalue weighted by molar-refractivity contribution is 0.355. The number of imidazole rings is 1. The molecule has 4 nitrogen and oxygen atoms in total. The summed E-state index contributed by atoms with van der Waals surface area (Å²) in [5.41, 5.74) is 2.67. The van der Waals surface area contributed by atoms with Crippen molar-refractivity contribution in [3.05, 3.63) is 60.0 Å². The Balaban J connectivity index is 1.99. The minimum atomic E-state index is 0.673. The van der Waals surface area contributed by atoms with Gasteiger partial charge in [-0.15, -0.1) is 0 Å². The Morgan fingerprint density at radius 2 is 1.77 bits per heavy atom. The lowest BCUT2D eigenvalue weighted by atomic mass is 10.1. The van der Waals surface area contributed by atoms with Crippen LogP contribution >= 0.6 is 11.6 Å². The summed E-state index contributed by atoms with van der Waals surface area (Å²) in [6.45, 7) is 0. The predicted octanol–water partition coefficient (Wildman–Crippen LogP) is 4.21. The zero-order valence-corrected chi connectivity index (χ0v) is 13.0. The number of halogens is 1. The Kier molecular flexibility index (Phi) is 4.02. The summed E-state index contributed by atoms with van der Waals surface area (Å²) >= 11 is 6.22. The Morgan fingerprint density at radius 1 is 1.00 bits per heavy atom. The third kappa shape index (κ3) is 2.65. The molecule has 5 heteroatoms. The molecule has 0 unspecified atom stereocenters. The Morgan fingerprint density at radius 3 is 2.50 bits per heavy atom. The summed E-state index contributed by atoms with van der Waals surface area (Å²) in [5.74, 6) is 1.36. The molecular formula is C17H15ClN2O2. The Hall–Kier alpha value is -2.46. The second-order valence-corrected chi connectivity index (χ2v) is 5.09. The van der Waals surface area contributed by atoms with Gasteiger partial charge in [0.15, 0.2) is 11.5 Å². The van der Waals surface area contributed by atoms with Gasteiger partial charge in [0.1, 0.15) is 0 Å². The molecule has 0 spiro atoms. The molecule has 0 saturated heterocycles. The summed E-state index contributed by atoms with van der Waals surface area (Å²) in [4.78, 5) is 4.44. The van der Waals surface area contributed by atoms with Gasteiger partial charge < -0.3 is 14.0 Å². The van der Waals surface area contributed by atoms with Gasteiger partial charge in [-0.2, -0.15) is 0 Å². The maximum Gasteiger partial charge on any atom is 0.161 e. The fraction of sp³-hybridized carbons (Fsp3) is 0.118. The van der Waals surface area contributed by atoms with Crippen molar-refractivity contribution in [2.75, 3.05) is 14.2 Å². The van der Waals surface area contributed by atoms with Crippen molar-refractivity contribution < 1.29 is 9.47 Å². The van der Waals surface area contributed by atoms with Crippen LogP contribution in [0, 0.1) is 0 Å². The van der Waals surface area contributed by atoms with Crippen LogP contribution in [0.1, 0.15) is 0 Å². The number of nitrogens with zero attached hydrogens (tertiary/aromatic N) is 2. The van der Waals surface area contributed by atoms with Gasteiger partial charge in [-0.1, -0.05) is 23.7 Å². The zero-order chi connectivity index (χ0) is 15.5. The number of para-hydroxylation sites is 1. The molecule has 0 radical (unpaired) electrons. The van der Waals surface area contributed by atoms with Gasteiger partial charge in [0, 0.05) is 11.8 Å². The molecule has 1 heterocycles. The molecule has 1 aromatic heterocycles. The quantitative estimate of drug-likeness (QED) is 0.723. The molecule has 0 aliphatic carbocycles. The third-order valence-corrected chi connectivity index (χ3v) is 3.71. The van der Waals surface area contributed by atoms with Crippen LogP contribution in [0.4, 0.5) is 0 Å². The van der Waals surface area contributed by atoms with E-state index in [9.17, 15) is 0 Å². The van der Waals surface area contributed by atoms with Gasteiger partial charge in [-0.3, -0.25) is 0 Å². The van der Waals surface area contributed by atoms with E-state index in [-0.39, 0.29) is 0 Å². The van der Waals surface area contributed by atoms with Crippen LogP contribution in [0.3, 0.4) is 0 Å². The lowest BCUT2D eigenvalue weighted by Gasteiger charge is -2.08. The van der Waals surface area contributed by atoms with E-state index in [4.69, 9.17) is 21.1 Å². The fourth-order valence-electron chi connectivity index (χ4n) is 2.26. The monoisotopic (exact) mass is 314 g/mol. The maximum absolute atomic E-state index is 6.22. The normalized spacial score (nSPS) is 10.5. The second-order valence-electron chi connectivity index (χ2n) is 4.69. The molecule has 0 saturated carbocycles. The van der Waals surface area contributed by atoms with Crippen molar-refractivity contribution in [3.8, 4) is 28.4 Å². The Labute approximate surface area is 133 Å². The van der Waals surface area contributed by atoms with E-state index in [0.29, 0.717) is 16.5 Å². The van der Waals surface area contributed by atoms with Crippen molar-refractivity contribution in [3.63, 3.8) is 0 Å². The summed E-state index contributed by atoms with van der Waals surface area (Å²) < 4.78 is 12.5. The summed E-state index contributed by atoms with van der Waals surface area (Å²) in [6, 6.07) is 13.4. The minimum absolute atomic E-state index is 0.673. The van der Waals surface area contributed by atoms with E-state index < -0.39 is 0 Å². The van der Waals surface area contributed by atoms with Crippen LogP contribution in [0.2, 0.25) is 5.02 Å². The number of benzene rings is 2. The molecule has 0 bridgehead atoms. The predicted molar refractivity (Wildman–Crippen MR) is 87.1 cm³/mol. The van der Waals surface area contributed by atoms with Crippen molar-refractivity contribution in [2.24, 2.45) is 0 Å². The smallest absolute Gasteiger partial charge is 0.161 e. The first-order chi connectivity index (χ1) is 10.7. The van der Waals surface area contributed by atoms with Gasteiger partial charge in [-0.25, -0.2) is 4.98 Å². The topological polar surface area (TPSA) is 36.3 Å². The number of hydrogen-bond donors (Lipinski definition) is 0. The van der Waals surface area contributed by atoms with Crippen LogP contribution in [-0.4, -0.2) is 23.8 Å². The average molecular weight is 315 g/mol. The molecule has 0 atom stereocenters. The van der Waals surface area contributed by atoms with Crippen molar-refractivity contribution >= 4 is 11.6 Å². The van der Waals surface area contributed by atoms with E-state index in [0.717, 1.165) is 16.9 Å². The summed E-state index contributed by atoms with van der Waals surface area (Å²) in [6.07, 6.45) is 3.68. The van der Waals surface area contributed by atoms with Gasteiger partial charge in [0.05, 0.1) is 37.0 Å². The van der Waals surface area contributed by atoms with Crippen molar-refractivity contribution in [1.82, 2.24) is 9.55 Å². The molecule has 0 amide bonds. The van der Waals surface area contributed by atoms with Gasteiger partial charge in [0.25, 0.3) is 0 Å². The van der Waals surface area contributed by atoms with E-state index >= 15 is 0 Å². The first kappa shape index (κ1) is 14.5. The number of rotatable bonds is 4. The lowest BCUT2D eigenvalue weighted by Crippen LogP contribution is -1.91. The van der Waals surface area contributed by atoms with E-state index in [1.807, 2.05) is 53.2 Å². The molecule has 0 aliphatic heterocycles. The Bertz CT molecular complexity index is 799. The molecule has 2 aromatic carbocycles. The van der Waals surface area contributed by atoms with Crippen molar-refractivity contribution in [1.29, 1.82) is 0 Å². The molecule has 3 aromatic rings. The second kappa shape index (κ2) is 6.12. The average Bonchev–Trinajstić information content (AvgIpc) is 3.04. The van der Waals surface area contributed by atoms with Crippen LogP contribution in [0.5, 0.6) is 11.5 Å². The zero-order valence-electron chi connectivity index (χ0n) is 12.3. The summed E-state index contributed by atoms with van der Waals surface area (Å²) in [7, 11) is 3.23. The number of aromatic nitrogens is 2. The molecule has 112 valence electrons. The van der Waals surface area contributed by atoms with E-state index in [1.54, 1.807) is 20.5 Å². The molecule has 0 N–H and O–H groups in total. The molecule has 0 aliphatic rings. The van der Waals surface area contributed by atoms with Crippen LogP contribution in [-0.2, 0) is 0 Å². The highest BCUT2D eigenvalue weighted by molar-refractivity contribution is 6.32. The van der Waals surface area contributed by atoms with Gasteiger partial charge in [-0.05, 0) is 30.3 Å². The van der Waals surface area contributed by atoms with Crippen LogP contribution < -0.4 is 9.47 Å². The van der Waals surface area contributed by atoms with Gasteiger partial charge in [0.2, 0.25) is 0 Å². The maximum atomic E-state index is 6.22. The molecule has 0 fully saturated rings. The largest absolute Gasteiger partial charge is 0.493 e. The van der Waals surface area contributed by atoms with Crippen LogP contribution in [0.15, 0.2) is 55.0 Å². The standard InChI is InChI=1S/C17H15ClN2O2/c1-21-16-8-7-12(9-17(16)22-2)14-10-20(11-19-14)15-6-4-3-5-13(15)18/h3-11H,1-2H3. The van der Waals surface area contributed by atoms with E-state index in [1.165, 1.54) is 0 Å². The third-order valence-electron chi connectivity index (χ3n) is 3.39. The molecule has 22 heavy (non-hydrogen) atoms.